The molecule has 0 spiro atoms. The topological polar surface area (TPSA) is 72.3 Å². The molecule has 1 aliphatic carbocycles. The van der Waals surface area contributed by atoms with Gasteiger partial charge >= 0.3 is 0 Å². The molecular weight excluding hydrogens is 514 g/mol. The van der Waals surface area contributed by atoms with Crippen LogP contribution in [0.2, 0.25) is 5.02 Å². The number of thioether (sulfide) groups is 1. The van der Waals surface area contributed by atoms with Crippen LogP contribution in [0.5, 0.6) is 0 Å². The zero-order chi connectivity index (χ0) is 25.2. The molecule has 3 heterocycles. The summed E-state index contributed by atoms with van der Waals surface area (Å²) in [6.07, 6.45) is 9.17. The predicted molar refractivity (Wildman–Crippen MR) is 146 cm³/mol. The molecule has 0 radical (unpaired) electrons. The zero-order valence-corrected chi connectivity index (χ0v) is 22.4. The second-order valence-corrected chi connectivity index (χ2v) is 11.9. The minimum absolute atomic E-state index is 0.0584. The van der Waals surface area contributed by atoms with E-state index >= 15 is 0 Å². The summed E-state index contributed by atoms with van der Waals surface area (Å²) in [5, 5.41) is 1.29. The Hall–Kier alpha value is -2.42. The van der Waals surface area contributed by atoms with Crippen molar-refractivity contribution >= 4 is 56.7 Å². The van der Waals surface area contributed by atoms with Crippen LogP contribution in [0.15, 0.2) is 46.9 Å². The molecule has 2 aromatic heterocycles. The number of rotatable bonds is 5. The monoisotopic (exact) mass is 541 g/mol. The molecule has 2 aliphatic rings. The molecule has 0 bridgehead atoms. The summed E-state index contributed by atoms with van der Waals surface area (Å²) in [7, 11) is 0. The Labute approximate surface area is 223 Å². The van der Waals surface area contributed by atoms with Crippen molar-refractivity contribution in [2.45, 2.75) is 68.3 Å². The van der Waals surface area contributed by atoms with Gasteiger partial charge in [-0.15, -0.1) is 17.9 Å². The third kappa shape index (κ3) is 4.91. The number of allylic oxidation sites excluding steroid dienone is 1. The number of hydrogen-bond acceptors (Lipinski definition) is 6. The lowest BCUT2D eigenvalue weighted by atomic mass is 10.1. The lowest BCUT2D eigenvalue weighted by molar-refractivity contribution is -0.127. The van der Waals surface area contributed by atoms with Crippen LogP contribution in [0.1, 0.15) is 59.3 Å². The number of fused-ring (bicyclic) bond motifs is 3. The highest BCUT2D eigenvalue weighted by atomic mass is 35.5. The van der Waals surface area contributed by atoms with Crippen LogP contribution < -0.4 is 5.56 Å². The van der Waals surface area contributed by atoms with Gasteiger partial charge in [0, 0.05) is 28.6 Å². The van der Waals surface area contributed by atoms with Gasteiger partial charge in [0.1, 0.15) is 4.83 Å². The first-order valence-corrected chi connectivity index (χ1v) is 14.5. The van der Waals surface area contributed by atoms with Gasteiger partial charge in [0.15, 0.2) is 5.16 Å². The van der Waals surface area contributed by atoms with E-state index in [1.165, 1.54) is 28.0 Å². The molecule has 36 heavy (non-hydrogen) atoms. The van der Waals surface area contributed by atoms with Crippen molar-refractivity contribution < 1.29 is 9.59 Å². The molecule has 9 heteroatoms. The molecule has 2 amide bonds. The van der Waals surface area contributed by atoms with Crippen molar-refractivity contribution in [2.24, 2.45) is 0 Å². The number of hydrogen-bond donors (Lipinski definition) is 0. The number of nitrogens with zero attached hydrogens (tertiary/aromatic N) is 3. The van der Waals surface area contributed by atoms with Crippen molar-refractivity contribution in [3.05, 3.63) is 68.3 Å². The van der Waals surface area contributed by atoms with E-state index in [4.69, 9.17) is 16.6 Å². The van der Waals surface area contributed by atoms with Gasteiger partial charge < -0.3 is 0 Å². The molecule has 3 aromatic rings. The number of thiophene rings is 1. The van der Waals surface area contributed by atoms with Gasteiger partial charge in [-0.05, 0) is 68.4 Å². The van der Waals surface area contributed by atoms with Crippen LogP contribution in [0.4, 0.5) is 0 Å². The fourth-order valence-electron chi connectivity index (χ4n) is 4.97. The summed E-state index contributed by atoms with van der Waals surface area (Å²) in [5.41, 5.74) is 1.53. The van der Waals surface area contributed by atoms with Gasteiger partial charge in [-0.25, -0.2) is 4.98 Å². The van der Waals surface area contributed by atoms with Crippen molar-refractivity contribution in [2.75, 3.05) is 6.54 Å². The number of imide groups is 1. The minimum atomic E-state index is -0.498. The Bertz CT molecular complexity index is 1380. The van der Waals surface area contributed by atoms with Crippen LogP contribution in [-0.2, 0) is 24.2 Å². The third-order valence-corrected chi connectivity index (χ3v) is 9.51. The van der Waals surface area contributed by atoms with Crippen molar-refractivity contribution in [3.8, 4) is 0 Å². The number of halogens is 1. The number of carbonyl (C=O) groups excluding carboxylic acids is 2. The summed E-state index contributed by atoms with van der Waals surface area (Å²) < 4.78 is 1.64. The first-order valence-electron chi connectivity index (χ1n) is 12.4. The molecule has 1 atom stereocenters. The highest BCUT2D eigenvalue weighted by Crippen LogP contribution is 2.36. The van der Waals surface area contributed by atoms with Gasteiger partial charge in [0.05, 0.1) is 10.6 Å². The predicted octanol–water partition coefficient (Wildman–Crippen LogP) is 5.88. The first kappa shape index (κ1) is 25.2. The van der Waals surface area contributed by atoms with E-state index in [0.29, 0.717) is 35.3 Å². The van der Waals surface area contributed by atoms with Crippen LogP contribution in [0.25, 0.3) is 10.2 Å². The quantitative estimate of drug-likeness (QED) is 0.174. The normalized spacial score (nSPS) is 18.5. The van der Waals surface area contributed by atoms with Crippen LogP contribution >= 0.6 is 34.7 Å². The van der Waals surface area contributed by atoms with Gasteiger partial charge in [0.25, 0.3) is 11.5 Å². The van der Waals surface area contributed by atoms with Gasteiger partial charge in [-0.2, -0.15) is 0 Å². The number of carbonyl (C=O) groups is 2. The van der Waals surface area contributed by atoms with Crippen molar-refractivity contribution in [1.82, 2.24) is 14.5 Å². The summed E-state index contributed by atoms with van der Waals surface area (Å²) in [6, 6.07) is 6.59. The Morgan fingerprint density at radius 1 is 1.14 bits per heavy atom. The maximum Gasteiger partial charge on any atom is 0.263 e. The average Bonchev–Trinajstić information content (AvgIpc) is 2.98. The highest BCUT2D eigenvalue weighted by molar-refractivity contribution is 8.00. The largest absolute Gasteiger partial charge is 0.283 e. The standard InChI is InChI=1S/C27H28ClN3O3S2/c1-2-15-31-26(34)22-19-8-4-3-5-9-20(19)35-23(22)29-27(31)36-21-10-6-7-16-30(25(21)33)24(32)17-11-13-18(28)14-12-17/h2,11-14,21H,1,3-10,15-16H2. The Morgan fingerprint density at radius 2 is 1.92 bits per heavy atom. The number of likely N-dealkylation sites (tertiary alicyclic amines) is 1. The van der Waals surface area contributed by atoms with Crippen LogP contribution in [0, 0.1) is 0 Å². The van der Waals surface area contributed by atoms with E-state index in [1.807, 2.05) is 0 Å². The van der Waals surface area contributed by atoms with Gasteiger partial charge in [-0.3, -0.25) is 23.9 Å². The van der Waals surface area contributed by atoms with E-state index in [9.17, 15) is 14.4 Å². The second kappa shape index (κ2) is 10.9. The summed E-state index contributed by atoms with van der Waals surface area (Å²) in [5.74, 6) is -0.558. The van der Waals surface area contributed by atoms with Crippen molar-refractivity contribution in [1.29, 1.82) is 0 Å². The average molecular weight is 542 g/mol. The van der Waals surface area contributed by atoms with Crippen LogP contribution in [-0.4, -0.2) is 38.1 Å². The van der Waals surface area contributed by atoms with Crippen molar-refractivity contribution in [3.63, 3.8) is 0 Å². The molecule has 0 N–H and O–H groups in total. The van der Waals surface area contributed by atoms with E-state index in [1.54, 1.807) is 46.2 Å². The third-order valence-electron chi connectivity index (χ3n) is 6.82. The molecule has 5 rings (SSSR count). The SMILES string of the molecule is C=CCn1c(SC2CCCCN(C(=O)c3ccc(Cl)cc3)C2=O)nc2sc3c(c2c1=O)CCCCC3. The fraction of sp³-hybridized carbons (Fsp3) is 0.407. The Kier molecular flexibility index (Phi) is 7.65. The molecule has 188 valence electrons. The molecule has 1 fully saturated rings. The summed E-state index contributed by atoms with van der Waals surface area (Å²) in [4.78, 5) is 48.7. The maximum absolute atomic E-state index is 13.7. The number of amides is 2. The first-order chi connectivity index (χ1) is 17.5. The Balaban J connectivity index is 1.49. The molecule has 1 aliphatic heterocycles. The molecule has 1 saturated heterocycles. The van der Waals surface area contributed by atoms with E-state index in [0.717, 1.165) is 54.3 Å². The number of benzene rings is 1. The van der Waals surface area contributed by atoms with E-state index in [-0.39, 0.29) is 17.4 Å². The minimum Gasteiger partial charge on any atom is -0.283 e. The molecule has 0 saturated carbocycles. The lowest BCUT2D eigenvalue weighted by Crippen LogP contribution is -2.41. The zero-order valence-electron chi connectivity index (χ0n) is 20.0. The summed E-state index contributed by atoms with van der Waals surface area (Å²) in [6.45, 7) is 4.54. The number of aromatic nitrogens is 2. The van der Waals surface area contributed by atoms with Gasteiger partial charge in [0.2, 0.25) is 5.91 Å². The fourth-order valence-corrected chi connectivity index (χ4v) is 7.60. The molecule has 1 aromatic carbocycles. The van der Waals surface area contributed by atoms with E-state index < -0.39 is 5.25 Å². The Morgan fingerprint density at radius 3 is 2.69 bits per heavy atom. The molecule has 6 nitrogen and oxygen atoms in total. The van der Waals surface area contributed by atoms with Crippen LogP contribution in [0.3, 0.4) is 0 Å². The van der Waals surface area contributed by atoms with Gasteiger partial charge in [-0.1, -0.05) is 42.3 Å². The lowest BCUT2D eigenvalue weighted by Gasteiger charge is -2.23. The smallest absolute Gasteiger partial charge is 0.263 e. The number of aryl methyl sites for hydroxylation is 2. The maximum atomic E-state index is 13.7. The van der Waals surface area contributed by atoms with E-state index in [2.05, 4.69) is 6.58 Å². The summed E-state index contributed by atoms with van der Waals surface area (Å²) >= 11 is 8.88. The molecular formula is C27H28ClN3O3S2. The molecule has 1 unspecified atom stereocenters. The highest BCUT2D eigenvalue weighted by Gasteiger charge is 2.33. The second-order valence-electron chi connectivity index (χ2n) is 9.25.